The minimum atomic E-state index is 0.352. The number of hydrogen-bond donors (Lipinski definition) is 1. The van der Waals surface area contributed by atoms with Crippen LogP contribution in [0.1, 0.15) is 48.5 Å². The molecule has 1 aliphatic rings. The molecule has 1 aliphatic carbocycles. The van der Waals surface area contributed by atoms with Gasteiger partial charge in [-0.1, -0.05) is 29.8 Å². The average molecular weight is 266 g/mol. The van der Waals surface area contributed by atoms with Gasteiger partial charge in [0.15, 0.2) is 0 Å². The first-order valence-corrected chi connectivity index (χ1v) is 7.46. The summed E-state index contributed by atoms with van der Waals surface area (Å²) in [7, 11) is 0. The van der Waals surface area contributed by atoms with Crippen LogP contribution in [0.3, 0.4) is 0 Å². The number of aromatic nitrogens is 1. The second kappa shape index (κ2) is 5.76. The van der Waals surface area contributed by atoms with Gasteiger partial charge in [0.05, 0.1) is 0 Å². The van der Waals surface area contributed by atoms with Gasteiger partial charge in [-0.3, -0.25) is 4.98 Å². The van der Waals surface area contributed by atoms with Gasteiger partial charge >= 0.3 is 0 Å². The third kappa shape index (κ3) is 3.07. The summed E-state index contributed by atoms with van der Waals surface area (Å²) in [5.41, 5.74) is 4.04. The maximum atomic E-state index is 4.09. The topological polar surface area (TPSA) is 24.9 Å². The number of rotatable bonds is 5. The van der Waals surface area contributed by atoms with E-state index in [1.807, 2.05) is 12.4 Å². The largest absolute Gasteiger partial charge is 0.303 e. The molecule has 1 fully saturated rings. The number of nitrogens with one attached hydrogen (secondary N) is 1. The van der Waals surface area contributed by atoms with E-state index in [1.165, 1.54) is 29.5 Å². The molecular formula is C18H22N2. The van der Waals surface area contributed by atoms with E-state index in [-0.39, 0.29) is 0 Å². The zero-order chi connectivity index (χ0) is 13.9. The van der Waals surface area contributed by atoms with E-state index in [2.05, 4.69) is 60.5 Å². The van der Waals surface area contributed by atoms with Gasteiger partial charge in [-0.25, -0.2) is 0 Å². The Morgan fingerprint density at radius 2 is 1.65 bits per heavy atom. The Morgan fingerprint density at radius 1 is 1.00 bits per heavy atom. The summed E-state index contributed by atoms with van der Waals surface area (Å²) in [5, 5.41) is 3.80. The van der Waals surface area contributed by atoms with Crippen LogP contribution in [0, 0.1) is 12.8 Å². The number of benzene rings is 1. The highest BCUT2D eigenvalue weighted by Crippen LogP contribution is 2.42. The second-order valence-corrected chi connectivity index (χ2v) is 5.89. The normalized spacial score (nSPS) is 17.7. The summed E-state index contributed by atoms with van der Waals surface area (Å²) in [4.78, 5) is 4.09. The molecule has 1 N–H and O–H groups in total. The van der Waals surface area contributed by atoms with Crippen molar-refractivity contribution in [3.05, 3.63) is 65.5 Å². The molecule has 0 radical (unpaired) electrons. The molecule has 20 heavy (non-hydrogen) atoms. The summed E-state index contributed by atoms with van der Waals surface area (Å²) in [5.74, 6) is 0.794. The highest BCUT2D eigenvalue weighted by molar-refractivity contribution is 5.26. The lowest BCUT2D eigenvalue weighted by Crippen LogP contribution is -2.26. The van der Waals surface area contributed by atoms with Crippen molar-refractivity contribution in [2.75, 3.05) is 0 Å². The highest BCUT2D eigenvalue weighted by Gasteiger charge is 2.33. The Labute approximate surface area is 121 Å². The Bertz CT molecular complexity index is 543. The van der Waals surface area contributed by atoms with Gasteiger partial charge in [0.25, 0.3) is 0 Å². The molecule has 0 saturated heterocycles. The first kappa shape index (κ1) is 13.3. The lowest BCUT2D eigenvalue weighted by molar-refractivity contribution is 0.427. The van der Waals surface area contributed by atoms with Crippen molar-refractivity contribution in [2.45, 2.75) is 38.8 Å². The van der Waals surface area contributed by atoms with E-state index in [9.17, 15) is 0 Å². The fourth-order valence-corrected chi connectivity index (χ4v) is 2.73. The van der Waals surface area contributed by atoms with Crippen molar-refractivity contribution in [3.63, 3.8) is 0 Å². The van der Waals surface area contributed by atoms with Crippen LogP contribution in [0.2, 0.25) is 0 Å². The molecular weight excluding hydrogens is 244 g/mol. The predicted octanol–water partition coefficient (Wildman–Crippen LogP) is 4.19. The van der Waals surface area contributed by atoms with Crippen molar-refractivity contribution in [1.82, 2.24) is 10.3 Å². The Kier molecular flexibility index (Phi) is 3.83. The molecule has 1 unspecified atom stereocenters. The van der Waals surface area contributed by atoms with Crippen LogP contribution in [0.5, 0.6) is 0 Å². The predicted molar refractivity (Wildman–Crippen MR) is 82.4 cm³/mol. The van der Waals surface area contributed by atoms with Crippen LogP contribution in [0.15, 0.2) is 48.8 Å². The maximum absolute atomic E-state index is 4.09. The van der Waals surface area contributed by atoms with E-state index in [1.54, 1.807) is 0 Å². The maximum Gasteiger partial charge on any atom is 0.0353 e. The van der Waals surface area contributed by atoms with E-state index in [0.29, 0.717) is 12.1 Å². The Balaban J connectivity index is 1.76. The van der Waals surface area contributed by atoms with E-state index in [4.69, 9.17) is 0 Å². The highest BCUT2D eigenvalue weighted by atomic mass is 15.0. The SMILES string of the molecule is Cc1ccc(C(N[C@@H](C)c2ccncc2)C2CC2)cc1. The third-order valence-electron chi connectivity index (χ3n) is 4.17. The molecule has 1 aromatic heterocycles. The Hall–Kier alpha value is -1.67. The molecule has 1 saturated carbocycles. The molecule has 1 aromatic carbocycles. The summed E-state index contributed by atoms with van der Waals surface area (Å²) < 4.78 is 0. The summed E-state index contributed by atoms with van der Waals surface area (Å²) in [6.07, 6.45) is 6.42. The molecule has 2 nitrogen and oxygen atoms in total. The van der Waals surface area contributed by atoms with Gasteiger partial charge in [0.1, 0.15) is 0 Å². The zero-order valence-corrected chi connectivity index (χ0v) is 12.2. The lowest BCUT2D eigenvalue weighted by Gasteiger charge is -2.24. The summed E-state index contributed by atoms with van der Waals surface area (Å²) in [6.45, 7) is 4.38. The molecule has 1 heterocycles. The monoisotopic (exact) mass is 266 g/mol. The minimum absolute atomic E-state index is 0.352. The molecule has 0 spiro atoms. The minimum Gasteiger partial charge on any atom is -0.303 e. The van der Waals surface area contributed by atoms with Crippen LogP contribution in [-0.2, 0) is 0 Å². The molecule has 2 atom stereocenters. The number of pyridine rings is 1. The van der Waals surface area contributed by atoms with Crippen LogP contribution < -0.4 is 5.32 Å². The van der Waals surface area contributed by atoms with Gasteiger partial charge < -0.3 is 5.32 Å². The van der Waals surface area contributed by atoms with Crippen molar-refractivity contribution in [2.24, 2.45) is 5.92 Å². The van der Waals surface area contributed by atoms with Crippen LogP contribution in [0.25, 0.3) is 0 Å². The summed E-state index contributed by atoms with van der Waals surface area (Å²) >= 11 is 0. The van der Waals surface area contributed by atoms with Crippen molar-refractivity contribution < 1.29 is 0 Å². The molecule has 2 aromatic rings. The number of aryl methyl sites for hydroxylation is 1. The number of nitrogens with zero attached hydrogens (tertiary/aromatic N) is 1. The zero-order valence-electron chi connectivity index (χ0n) is 12.2. The van der Waals surface area contributed by atoms with Gasteiger partial charge in [0, 0.05) is 24.5 Å². The first-order valence-electron chi connectivity index (χ1n) is 7.46. The molecule has 2 heteroatoms. The molecule has 0 bridgehead atoms. The smallest absolute Gasteiger partial charge is 0.0353 e. The molecule has 0 aliphatic heterocycles. The van der Waals surface area contributed by atoms with E-state index >= 15 is 0 Å². The number of hydrogen-bond acceptors (Lipinski definition) is 2. The van der Waals surface area contributed by atoms with Crippen LogP contribution >= 0.6 is 0 Å². The van der Waals surface area contributed by atoms with Crippen LogP contribution in [-0.4, -0.2) is 4.98 Å². The van der Waals surface area contributed by atoms with Gasteiger partial charge in [-0.15, -0.1) is 0 Å². The van der Waals surface area contributed by atoms with Crippen molar-refractivity contribution in [1.29, 1.82) is 0 Å². The van der Waals surface area contributed by atoms with Gasteiger partial charge in [-0.05, 0) is 55.9 Å². The van der Waals surface area contributed by atoms with Gasteiger partial charge in [0.2, 0.25) is 0 Å². The van der Waals surface area contributed by atoms with Crippen LogP contribution in [0.4, 0.5) is 0 Å². The second-order valence-electron chi connectivity index (χ2n) is 5.89. The van der Waals surface area contributed by atoms with E-state index < -0.39 is 0 Å². The standard InChI is InChI=1S/C18H22N2/c1-13-3-5-16(6-4-13)18(17-7-8-17)20-14(2)15-9-11-19-12-10-15/h3-6,9-12,14,17-18,20H,7-8H2,1-2H3/t14-,18?/m0/s1. The van der Waals surface area contributed by atoms with Crippen molar-refractivity contribution >= 4 is 0 Å². The first-order chi connectivity index (χ1) is 9.74. The molecule has 0 amide bonds. The quantitative estimate of drug-likeness (QED) is 0.877. The third-order valence-corrected chi connectivity index (χ3v) is 4.17. The fourth-order valence-electron chi connectivity index (χ4n) is 2.73. The average Bonchev–Trinajstić information content (AvgIpc) is 3.31. The molecule has 104 valence electrons. The van der Waals surface area contributed by atoms with Crippen molar-refractivity contribution in [3.8, 4) is 0 Å². The van der Waals surface area contributed by atoms with Gasteiger partial charge in [-0.2, -0.15) is 0 Å². The lowest BCUT2D eigenvalue weighted by atomic mass is 9.99. The Morgan fingerprint density at radius 3 is 2.25 bits per heavy atom. The molecule has 3 rings (SSSR count). The fraction of sp³-hybridized carbons (Fsp3) is 0.389. The summed E-state index contributed by atoms with van der Waals surface area (Å²) in [6, 6.07) is 14.0. The van der Waals surface area contributed by atoms with E-state index in [0.717, 1.165) is 5.92 Å².